The van der Waals surface area contributed by atoms with Crippen LogP contribution < -0.4 is 10.4 Å². The van der Waals surface area contributed by atoms with E-state index in [2.05, 4.69) is 69.3 Å². The third kappa shape index (κ3) is 4.48. The molecule has 1 fully saturated rings. The highest BCUT2D eigenvalue weighted by atomic mass is 28.4. The fourth-order valence-corrected chi connectivity index (χ4v) is 10.9. The number of benzene rings is 2. The number of carbonyl (C=O) groups excluding carboxylic acids is 2. The summed E-state index contributed by atoms with van der Waals surface area (Å²) in [4.78, 5) is 38.9. The Bertz CT molecular complexity index is 1220. The van der Waals surface area contributed by atoms with E-state index in [0.29, 0.717) is 18.6 Å². The molecule has 1 aliphatic carbocycles. The first-order valence-corrected chi connectivity index (χ1v) is 15.5. The van der Waals surface area contributed by atoms with Gasteiger partial charge in [0.2, 0.25) is 5.79 Å². The number of ketones is 2. The van der Waals surface area contributed by atoms with Crippen LogP contribution in [0.4, 0.5) is 0 Å². The van der Waals surface area contributed by atoms with E-state index >= 15 is 0 Å². The third-order valence-corrected chi connectivity index (χ3v) is 13.6. The second-order valence-electron chi connectivity index (χ2n) is 13.0. The molecule has 1 saturated carbocycles. The van der Waals surface area contributed by atoms with E-state index in [4.69, 9.17) is 18.9 Å². The van der Waals surface area contributed by atoms with Crippen LogP contribution in [0.15, 0.2) is 72.3 Å². The van der Waals surface area contributed by atoms with Crippen molar-refractivity contribution in [3.63, 3.8) is 0 Å². The van der Waals surface area contributed by atoms with Gasteiger partial charge in [0.1, 0.15) is 5.60 Å². The van der Waals surface area contributed by atoms with E-state index in [9.17, 15) is 9.59 Å². The van der Waals surface area contributed by atoms with E-state index in [0.717, 1.165) is 0 Å². The fourth-order valence-electron chi connectivity index (χ4n) is 6.33. The Morgan fingerprint density at radius 3 is 1.79 bits per heavy atom. The van der Waals surface area contributed by atoms with Crippen LogP contribution in [0, 0.1) is 10.8 Å². The molecule has 2 aromatic rings. The Morgan fingerprint density at radius 1 is 0.821 bits per heavy atom. The van der Waals surface area contributed by atoms with Gasteiger partial charge >= 0.3 is 0 Å². The van der Waals surface area contributed by atoms with Gasteiger partial charge in [0, 0.05) is 20.1 Å². The smallest absolute Gasteiger partial charge is 0.261 e. The van der Waals surface area contributed by atoms with Crippen LogP contribution in [0.5, 0.6) is 0 Å². The average molecular weight is 551 g/mol. The minimum absolute atomic E-state index is 0.169. The maximum atomic E-state index is 13.6. The number of rotatable bonds is 7. The van der Waals surface area contributed by atoms with Crippen LogP contribution in [0.25, 0.3) is 0 Å². The third-order valence-electron chi connectivity index (χ3n) is 8.55. The van der Waals surface area contributed by atoms with Gasteiger partial charge in [-0.1, -0.05) is 81.4 Å². The van der Waals surface area contributed by atoms with E-state index < -0.39 is 30.5 Å². The molecule has 6 nitrogen and oxygen atoms in total. The Labute approximate surface area is 233 Å². The molecule has 210 valence electrons. The molecular formula is C32H42O6Si. The summed E-state index contributed by atoms with van der Waals surface area (Å²) in [7, 11) is -1.31. The van der Waals surface area contributed by atoms with Crippen molar-refractivity contribution in [3.05, 3.63) is 72.3 Å². The largest absolute Gasteiger partial charge is 0.407 e. The second kappa shape index (κ2) is 9.89. The molecule has 4 rings (SSSR count). The van der Waals surface area contributed by atoms with Crippen molar-refractivity contribution in [2.24, 2.45) is 10.8 Å². The van der Waals surface area contributed by atoms with Gasteiger partial charge in [-0.05, 0) is 56.1 Å². The number of hydrogen-bond acceptors (Lipinski definition) is 6. The normalized spacial score (nSPS) is 26.6. The predicted molar refractivity (Wildman–Crippen MR) is 154 cm³/mol. The second-order valence-corrected chi connectivity index (χ2v) is 17.3. The topological polar surface area (TPSA) is 71.1 Å². The summed E-state index contributed by atoms with van der Waals surface area (Å²) in [5.41, 5.74) is -2.99. The lowest BCUT2D eigenvalue weighted by atomic mass is 9.57. The highest BCUT2D eigenvalue weighted by molar-refractivity contribution is 6.99. The number of hydrogen-bond donors (Lipinski definition) is 0. The van der Waals surface area contributed by atoms with Crippen molar-refractivity contribution in [1.29, 1.82) is 0 Å². The summed E-state index contributed by atoms with van der Waals surface area (Å²) in [6.45, 7) is 15.7. The molecule has 0 amide bonds. The first-order chi connectivity index (χ1) is 18.1. The number of fused-ring (bicyclic) bond motifs is 1. The van der Waals surface area contributed by atoms with Gasteiger partial charge < -0.3 is 9.16 Å². The SMILES string of the molecule is CO[C@@]12OO[C@](C)(CCO[Si](c3ccccc3)(c3ccccc3)C(C)(C)C)C=C1C(=O)C(C)(C)C(=O)C2(C)C. The maximum absolute atomic E-state index is 13.6. The molecule has 2 aromatic carbocycles. The zero-order chi connectivity index (χ0) is 28.9. The van der Waals surface area contributed by atoms with Gasteiger partial charge in [0.15, 0.2) is 11.6 Å². The summed E-state index contributed by atoms with van der Waals surface area (Å²) in [5.74, 6) is -2.17. The van der Waals surface area contributed by atoms with E-state index in [-0.39, 0.29) is 16.6 Å². The van der Waals surface area contributed by atoms with Crippen LogP contribution in [-0.2, 0) is 28.5 Å². The van der Waals surface area contributed by atoms with Gasteiger partial charge in [-0.2, -0.15) is 4.89 Å². The number of carbonyl (C=O) groups is 2. The predicted octanol–water partition coefficient (Wildman–Crippen LogP) is 5.15. The Balaban J connectivity index is 1.71. The fraction of sp³-hybridized carbons (Fsp3) is 0.500. The molecule has 0 unspecified atom stereocenters. The van der Waals surface area contributed by atoms with Crippen LogP contribution in [0.2, 0.25) is 5.04 Å². The molecule has 0 spiro atoms. The lowest BCUT2D eigenvalue weighted by molar-refractivity contribution is -0.469. The zero-order valence-corrected chi connectivity index (χ0v) is 25.7. The molecule has 39 heavy (non-hydrogen) atoms. The highest BCUT2D eigenvalue weighted by Crippen LogP contribution is 2.55. The van der Waals surface area contributed by atoms with Gasteiger partial charge in [0.05, 0.1) is 16.4 Å². The Kier molecular flexibility index (Phi) is 7.50. The molecule has 0 saturated heterocycles. The van der Waals surface area contributed by atoms with Gasteiger partial charge in [0.25, 0.3) is 8.32 Å². The molecular weight excluding hydrogens is 508 g/mol. The van der Waals surface area contributed by atoms with Crippen molar-refractivity contribution < 1.29 is 28.5 Å². The molecule has 1 aliphatic heterocycles. The summed E-state index contributed by atoms with van der Waals surface area (Å²) in [6.07, 6.45) is 2.22. The molecule has 0 aromatic heterocycles. The van der Waals surface area contributed by atoms with Crippen LogP contribution in [0.1, 0.15) is 61.8 Å². The first-order valence-electron chi connectivity index (χ1n) is 13.6. The van der Waals surface area contributed by atoms with E-state index in [1.54, 1.807) is 33.8 Å². The quantitative estimate of drug-likeness (QED) is 0.270. The first kappa shape index (κ1) is 29.6. The van der Waals surface area contributed by atoms with E-state index in [1.807, 2.05) is 19.1 Å². The standard InChI is InChI=1S/C32H42O6Si/c1-28(2,3)39(23-16-12-10-13-17-23,24-18-14-11-15-19-24)36-21-20-31(8)22-25-26(33)29(4,5)27(34)30(6,7)32(25,35-9)38-37-31/h10-19,22H,20-21H2,1-9H3/t31-,32-/m1/s1. The number of ether oxygens (including phenoxy) is 1. The van der Waals surface area contributed by atoms with Gasteiger partial charge in [-0.25, -0.2) is 4.89 Å². The molecule has 1 heterocycles. The summed E-state index contributed by atoms with van der Waals surface area (Å²) < 4.78 is 12.8. The highest BCUT2D eigenvalue weighted by Gasteiger charge is 2.68. The maximum Gasteiger partial charge on any atom is 0.261 e. The molecule has 0 bridgehead atoms. The van der Waals surface area contributed by atoms with Crippen molar-refractivity contribution in [2.75, 3.05) is 13.7 Å². The van der Waals surface area contributed by atoms with Gasteiger partial charge in [-0.3, -0.25) is 9.59 Å². The van der Waals surface area contributed by atoms with E-state index in [1.165, 1.54) is 17.5 Å². The number of methoxy groups -OCH3 is 1. The summed E-state index contributed by atoms with van der Waals surface area (Å²) in [6, 6.07) is 20.9. The van der Waals surface area contributed by atoms with Crippen molar-refractivity contribution in [2.45, 2.75) is 78.2 Å². The van der Waals surface area contributed by atoms with Crippen molar-refractivity contribution >= 4 is 30.3 Å². The number of Topliss-reactive ketones (excluding diaryl/α,β-unsaturated/α-hetero) is 2. The monoisotopic (exact) mass is 550 g/mol. The van der Waals surface area contributed by atoms with Crippen LogP contribution >= 0.6 is 0 Å². The molecule has 2 atom stereocenters. The van der Waals surface area contributed by atoms with Gasteiger partial charge in [-0.15, -0.1) is 0 Å². The molecule has 7 heteroatoms. The zero-order valence-electron chi connectivity index (χ0n) is 24.7. The Hall–Kier alpha value is -2.42. The summed E-state index contributed by atoms with van der Waals surface area (Å²) in [5, 5.41) is 2.21. The average Bonchev–Trinajstić information content (AvgIpc) is 2.90. The van der Waals surface area contributed by atoms with Crippen LogP contribution in [-0.4, -0.2) is 45.0 Å². The molecule has 0 radical (unpaired) electrons. The Morgan fingerprint density at radius 2 is 1.33 bits per heavy atom. The molecule has 0 N–H and O–H groups in total. The minimum atomic E-state index is -2.75. The minimum Gasteiger partial charge on any atom is -0.407 e. The molecule has 2 aliphatic rings. The lowest BCUT2D eigenvalue weighted by Crippen LogP contribution is -2.68. The van der Waals surface area contributed by atoms with Crippen LogP contribution in [0.3, 0.4) is 0 Å². The van der Waals surface area contributed by atoms with Crippen molar-refractivity contribution in [1.82, 2.24) is 0 Å². The summed E-state index contributed by atoms with van der Waals surface area (Å²) >= 11 is 0. The lowest BCUT2D eigenvalue weighted by Gasteiger charge is -2.54. The van der Waals surface area contributed by atoms with Crippen molar-refractivity contribution in [3.8, 4) is 0 Å².